The third-order valence-corrected chi connectivity index (χ3v) is 4.63. The largest absolute Gasteiger partial charge is 0.454 e. The van der Waals surface area contributed by atoms with Gasteiger partial charge in [-0.2, -0.15) is 0 Å². The predicted octanol–water partition coefficient (Wildman–Crippen LogP) is 4.48. The Kier molecular flexibility index (Phi) is 6.52. The fraction of sp³-hybridized carbons (Fsp3) is 0.263. The highest BCUT2D eigenvalue weighted by Gasteiger charge is 2.19. The molecule has 6 nitrogen and oxygen atoms in total. The van der Waals surface area contributed by atoms with Crippen LogP contribution >= 0.6 is 11.8 Å². The Morgan fingerprint density at radius 1 is 1.12 bits per heavy atom. The molecule has 0 bridgehead atoms. The SMILES string of the molecule is CSc1ccc(C(=O)OCC(=O)c2ccc(C(C)C)cc2)cc1[N+](=O)[O-]. The van der Waals surface area contributed by atoms with Gasteiger partial charge < -0.3 is 4.74 Å². The van der Waals surface area contributed by atoms with Crippen LogP contribution in [0.25, 0.3) is 0 Å². The maximum atomic E-state index is 12.1. The molecule has 0 spiro atoms. The molecular formula is C19H19NO5S. The first kappa shape index (κ1) is 19.7. The lowest BCUT2D eigenvalue weighted by molar-refractivity contribution is -0.387. The summed E-state index contributed by atoms with van der Waals surface area (Å²) in [5.74, 6) is -0.742. The Morgan fingerprint density at radius 2 is 1.73 bits per heavy atom. The van der Waals surface area contributed by atoms with Gasteiger partial charge in [0.15, 0.2) is 12.4 Å². The number of hydrogen-bond donors (Lipinski definition) is 0. The van der Waals surface area contributed by atoms with Crippen molar-refractivity contribution in [2.24, 2.45) is 0 Å². The Balaban J connectivity index is 2.05. The quantitative estimate of drug-likeness (QED) is 0.234. The molecule has 136 valence electrons. The highest BCUT2D eigenvalue weighted by atomic mass is 32.2. The van der Waals surface area contributed by atoms with E-state index >= 15 is 0 Å². The Hall–Kier alpha value is -2.67. The molecule has 0 aliphatic heterocycles. The smallest absolute Gasteiger partial charge is 0.338 e. The van der Waals surface area contributed by atoms with Crippen molar-refractivity contribution in [3.63, 3.8) is 0 Å². The zero-order valence-electron chi connectivity index (χ0n) is 14.7. The van der Waals surface area contributed by atoms with Crippen LogP contribution in [0.1, 0.15) is 46.0 Å². The van der Waals surface area contributed by atoms with Gasteiger partial charge >= 0.3 is 5.97 Å². The fourth-order valence-electron chi connectivity index (χ4n) is 2.31. The predicted molar refractivity (Wildman–Crippen MR) is 100 cm³/mol. The van der Waals surface area contributed by atoms with Crippen LogP contribution in [-0.2, 0) is 4.74 Å². The zero-order valence-corrected chi connectivity index (χ0v) is 15.5. The summed E-state index contributed by atoms with van der Waals surface area (Å²) in [6.45, 7) is 3.69. The summed E-state index contributed by atoms with van der Waals surface area (Å²) in [6.07, 6.45) is 1.71. The number of Topliss-reactive ketones (excluding diaryl/α,β-unsaturated/α-hetero) is 1. The molecule has 0 unspecified atom stereocenters. The molecule has 2 aromatic rings. The number of rotatable bonds is 7. The van der Waals surface area contributed by atoms with Gasteiger partial charge in [-0.25, -0.2) is 4.79 Å². The number of nitrogens with zero attached hydrogens (tertiary/aromatic N) is 1. The minimum Gasteiger partial charge on any atom is -0.454 e. The number of thioether (sulfide) groups is 1. The second-order valence-electron chi connectivity index (χ2n) is 5.92. The van der Waals surface area contributed by atoms with E-state index in [0.29, 0.717) is 16.4 Å². The lowest BCUT2D eigenvalue weighted by atomic mass is 10.0. The van der Waals surface area contributed by atoms with E-state index < -0.39 is 17.5 Å². The van der Waals surface area contributed by atoms with Crippen molar-refractivity contribution < 1.29 is 19.2 Å². The Bertz CT molecular complexity index is 830. The van der Waals surface area contributed by atoms with Crippen LogP contribution in [0.15, 0.2) is 47.4 Å². The summed E-state index contributed by atoms with van der Waals surface area (Å²) in [5, 5.41) is 11.1. The molecule has 0 heterocycles. The first-order valence-electron chi connectivity index (χ1n) is 7.96. The summed E-state index contributed by atoms with van der Waals surface area (Å²) in [6, 6.07) is 11.2. The summed E-state index contributed by atoms with van der Waals surface area (Å²) < 4.78 is 5.01. The van der Waals surface area contributed by atoms with Gasteiger partial charge in [0.1, 0.15) is 0 Å². The molecule has 0 saturated carbocycles. The third-order valence-electron chi connectivity index (χ3n) is 3.84. The van der Waals surface area contributed by atoms with Crippen molar-refractivity contribution in [1.29, 1.82) is 0 Å². The molecule has 0 aromatic heterocycles. The van der Waals surface area contributed by atoms with Crippen LogP contribution in [0.2, 0.25) is 0 Å². The van der Waals surface area contributed by atoms with E-state index in [1.807, 2.05) is 12.1 Å². The first-order chi connectivity index (χ1) is 12.3. The number of carbonyl (C=O) groups is 2. The molecule has 0 radical (unpaired) electrons. The Labute approximate surface area is 155 Å². The van der Waals surface area contributed by atoms with Crippen LogP contribution in [0, 0.1) is 10.1 Å². The monoisotopic (exact) mass is 373 g/mol. The van der Waals surface area contributed by atoms with Gasteiger partial charge in [0, 0.05) is 11.6 Å². The van der Waals surface area contributed by atoms with E-state index in [4.69, 9.17) is 4.74 Å². The van der Waals surface area contributed by atoms with E-state index in [0.717, 1.165) is 11.6 Å². The van der Waals surface area contributed by atoms with Crippen molar-refractivity contribution >= 4 is 29.2 Å². The van der Waals surface area contributed by atoms with Gasteiger partial charge in [-0.05, 0) is 29.9 Å². The summed E-state index contributed by atoms with van der Waals surface area (Å²) in [7, 11) is 0. The number of benzene rings is 2. The van der Waals surface area contributed by atoms with Gasteiger partial charge in [0.25, 0.3) is 5.69 Å². The molecular weight excluding hydrogens is 354 g/mol. The lowest BCUT2D eigenvalue weighted by Gasteiger charge is -2.08. The molecule has 0 amide bonds. The molecule has 0 atom stereocenters. The number of nitro groups is 1. The number of ketones is 1. The fourth-order valence-corrected chi connectivity index (χ4v) is 2.86. The minimum atomic E-state index is -0.770. The van der Waals surface area contributed by atoms with Crippen molar-refractivity contribution in [1.82, 2.24) is 0 Å². The van der Waals surface area contributed by atoms with Crippen LogP contribution < -0.4 is 0 Å². The molecule has 0 fully saturated rings. The highest BCUT2D eigenvalue weighted by Crippen LogP contribution is 2.28. The van der Waals surface area contributed by atoms with Crippen molar-refractivity contribution in [2.75, 3.05) is 12.9 Å². The summed E-state index contributed by atoms with van der Waals surface area (Å²) in [4.78, 5) is 35.2. The van der Waals surface area contributed by atoms with Crippen LogP contribution in [0.5, 0.6) is 0 Å². The summed E-state index contributed by atoms with van der Waals surface area (Å²) >= 11 is 1.21. The molecule has 0 aliphatic rings. The number of nitro benzene ring substituents is 1. The zero-order chi connectivity index (χ0) is 19.3. The topological polar surface area (TPSA) is 86.5 Å². The molecule has 26 heavy (non-hydrogen) atoms. The van der Waals surface area contributed by atoms with Crippen LogP contribution in [0.3, 0.4) is 0 Å². The van der Waals surface area contributed by atoms with Gasteiger partial charge in [-0.3, -0.25) is 14.9 Å². The molecule has 7 heteroatoms. The second kappa shape index (κ2) is 8.62. The van der Waals surface area contributed by atoms with Gasteiger partial charge in [0.2, 0.25) is 0 Å². The van der Waals surface area contributed by atoms with E-state index in [1.54, 1.807) is 18.4 Å². The van der Waals surface area contributed by atoms with Crippen LogP contribution in [0.4, 0.5) is 5.69 Å². The average Bonchev–Trinajstić information content (AvgIpc) is 2.65. The summed E-state index contributed by atoms with van der Waals surface area (Å²) in [5.41, 5.74) is 1.44. The second-order valence-corrected chi connectivity index (χ2v) is 6.77. The first-order valence-corrected chi connectivity index (χ1v) is 9.18. The lowest BCUT2D eigenvalue weighted by Crippen LogP contribution is -2.14. The molecule has 2 aromatic carbocycles. The van der Waals surface area contributed by atoms with Crippen molar-refractivity contribution in [3.05, 3.63) is 69.3 Å². The molecule has 0 aliphatic carbocycles. The highest BCUT2D eigenvalue weighted by molar-refractivity contribution is 7.98. The number of carbonyl (C=O) groups excluding carboxylic acids is 2. The van der Waals surface area contributed by atoms with Gasteiger partial charge in [0.05, 0.1) is 15.4 Å². The molecule has 0 N–H and O–H groups in total. The molecule has 2 rings (SSSR count). The maximum absolute atomic E-state index is 12.1. The normalized spacial score (nSPS) is 10.6. The standard InChI is InChI=1S/C19H19NO5S/c1-12(2)13-4-6-14(7-5-13)17(21)11-25-19(22)15-8-9-18(26-3)16(10-15)20(23)24/h4-10,12H,11H2,1-3H3. The van der Waals surface area contributed by atoms with Crippen molar-refractivity contribution in [2.45, 2.75) is 24.7 Å². The Morgan fingerprint density at radius 3 is 2.27 bits per heavy atom. The van der Waals surface area contributed by atoms with E-state index in [9.17, 15) is 19.7 Å². The minimum absolute atomic E-state index is 0.0393. The number of esters is 1. The van der Waals surface area contributed by atoms with E-state index in [-0.39, 0.29) is 17.0 Å². The average molecular weight is 373 g/mol. The van der Waals surface area contributed by atoms with Crippen LogP contribution in [-0.4, -0.2) is 29.5 Å². The van der Waals surface area contributed by atoms with E-state index in [2.05, 4.69) is 13.8 Å². The van der Waals surface area contributed by atoms with Gasteiger partial charge in [-0.1, -0.05) is 38.1 Å². The van der Waals surface area contributed by atoms with Gasteiger partial charge in [-0.15, -0.1) is 11.8 Å². The third kappa shape index (κ3) is 4.70. The number of ether oxygens (including phenoxy) is 1. The van der Waals surface area contributed by atoms with E-state index in [1.165, 1.54) is 23.9 Å². The maximum Gasteiger partial charge on any atom is 0.338 e. The molecule has 0 saturated heterocycles. The van der Waals surface area contributed by atoms with Crippen molar-refractivity contribution in [3.8, 4) is 0 Å². The number of hydrogen-bond acceptors (Lipinski definition) is 6.